The van der Waals surface area contributed by atoms with Crippen LogP contribution >= 0.6 is 0 Å². The summed E-state index contributed by atoms with van der Waals surface area (Å²) in [5, 5.41) is 59.8. The number of hydrogen-bond acceptors (Lipinski definition) is 10. The number of aliphatic hydroxyl groups is 5. The van der Waals surface area contributed by atoms with Gasteiger partial charge in [-0.2, -0.15) is 0 Å². The van der Waals surface area contributed by atoms with Crippen LogP contribution in [-0.2, 0) is 23.9 Å². The first-order valence-corrected chi connectivity index (χ1v) is 7.23. The Morgan fingerprint density at radius 1 is 1.36 bits per heavy atom. The van der Waals surface area contributed by atoms with E-state index in [1.807, 2.05) is 0 Å². The van der Waals surface area contributed by atoms with Crippen LogP contribution in [0.25, 0.3) is 0 Å². The Kier molecular flexibility index (Phi) is 7.22. The Labute approximate surface area is 141 Å². The van der Waals surface area contributed by atoms with Gasteiger partial charge < -0.3 is 45.4 Å². The van der Waals surface area contributed by atoms with Gasteiger partial charge in [0.15, 0.2) is 0 Å². The molecule has 1 amide bonds. The van der Waals surface area contributed by atoms with Gasteiger partial charge in [0.2, 0.25) is 5.91 Å². The Morgan fingerprint density at radius 3 is 2.44 bits per heavy atom. The third kappa shape index (κ3) is 5.32. The van der Waals surface area contributed by atoms with E-state index in [-0.39, 0.29) is 0 Å². The summed E-state index contributed by atoms with van der Waals surface area (Å²) in [6, 6.07) is -1.46. The van der Waals surface area contributed by atoms with Crippen molar-refractivity contribution >= 4 is 17.8 Å². The lowest BCUT2D eigenvalue weighted by Gasteiger charge is -2.44. The van der Waals surface area contributed by atoms with Crippen molar-refractivity contribution in [2.24, 2.45) is 0 Å². The molecule has 0 aromatic carbocycles. The maximum Gasteiger partial charge on any atom is 0.364 e. The quantitative estimate of drug-likeness (QED) is 0.214. The molecular weight excluding hydrogens is 346 g/mol. The van der Waals surface area contributed by atoms with Crippen molar-refractivity contribution in [3.8, 4) is 0 Å². The van der Waals surface area contributed by atoms with E-state index in [2.05, 4.69) is 10.1 Å². The molecule has 12 nitrogen and oxygen atoms in total. The van der Waals surface area contributed by atoms with Gasteiger partial charge in [-0.1, -0.05) is 0 Å². The summed E-state index contributed by atoms with van der Waals surface area (Å²) in [7, 11) is 0. The van der Waals surface area contributed by atoms with Crippen LogP contribution in [0, 0.1) is 0 Å². The van der Waals surface area contributed by atoms with Crippen molar-refractivity contribution in [3.63, 3.8) is 0 Å². The Morgan fingerprint density at radius 2 is 1.96 bits per heavy atom. The number of aliphatic carboxylic acids is 1. The van der Waals surface area contributed by atoms with Crippen molar-refractivity contribution in [1.29, 1.82) is 0 Å². The number of carboxylic acid groups (broad SMARTS) is 1. The highest BCUT2D eigenvalue weighted by Crippen LogP contribution is 2.30. The highest BCUT2D eigenvalue weighted by Gasteiger charge is 2.54. The first-order chi connectivity index (χ1) is 11.5. The molecule has 0 radical (unpaired) electrons. The van der Waals surface area contributed by atoms with E-state index >= 15 is 0 Å². The largest absolute Gasteiger partial charge is 0.477 e. The maximum atomic E-state index is 11.4. The molecule has 12 heteroatoms. The molecule has 1 saturated heterocycles. The summed E-state index contributed by atoms with van der Waals surface area (Å²) in [6.45, 7) is -0.600. The highest BCUT2D eigenvalue weighted by atomic mass is 16.7. The molecule has 1 heterocycles. The van der Waals surface area contributed by atoms with Gasteiger partial charge >= 0.3 is 11.9 Å². The van der Waals surface area contributed by atoms with Crippen LogP contribution in [0.2, 0.25) is 0 Å². The molecule has 1 rings (SSSR count). The summed E-state index contributed by atoms with van der Waals surface area (Å²) in [6.07, 6.45) is -8.05. The number of ether oxygens (including phenoxy) is 2. The summed E-state index contributed by atoms with van der Waals surface area (Å²) >= 11 is 0. The standard InChI is InChI=1S/C13H21NO11/c1-5(16)24-4-7(18)10(20)11-9(14-8(19)3-15)6(17)2-13(23,25-11)12(21)22/h6-7,9-11,15,17-18,20,23H,2-4H2,1H3,(H,14,19)(H,21,22). The minimum absolute atomic E-state index is 0.682. The minimum Gasteiger partial charge on any atom is -0.477 e. The molecule has 7 N–H and O–H groups in total. The van der Waals surface area contributed by atoms with Crippen LogP contribution in [0.1, 0.15) is 13.3 Å². The molecule has 0 spiro atoms. The predicted octanol–water partition coefficient (Wildman–Crippen LogP) is -4.33. The number of esters is 1. The van der Waals surface area contributed by atoms with E-state index in [1.54, 1.807) is 0 Å². The molecule has 0 bridgehead atoms. The van der Waals surface area contributed by atoms with Gasteiger partial charge in [-0.3, -0.25) is 9.59 Å². The van der Waals surface area contributed by atoms with Gasteiger partial charge in [-0.15, -0.1) is 0 Å². The van der Waals surface area contributed by atoms with E-state index in [0.717, 1.165) is 6.92 Å². The summed E-state index contributed by atoms with van der Waals surface area (Å²) in [5.41, 5.74) is 0. The topological polar surface area (TPSA) is 203 Å². The zero-order valence-corrected chi connectivity index (χ0v) is 13.2. The lowest BCUT2D eigenvalue weighted by atomic mass is 9.88. The van der Waals surface area contributed by atoms with Crippen molar-refractivity contribution < 1.29 is 54.5 Å². The minimum atomic E-state index is -2.88. The molecule has 1 aliphatic heterocycles. The second-order valence-electron chi connectivity index (χ2n) is 5.56. The number of carboxylic acids is 1. The third-order valence-corrected chi connectivity index (χ3v) is 3.58. The summed E-state index contributed by atoms with van der Waals surface area (Å²) in [4.78, 5) is 33.2. The Bertz CT molecular complexity index is 512. The van der Waals surface area contributed by atoms with E-state index < -0.39 is 73.7 Å². The molecule has 144 valence electrons. The average Bonchev–Trinajstić information content (AvgIpc) is 2.53. The smallest absolute Gasteiger partial charge is 0.364 e. The average molecular weight is 367 g/mol. The van der Waals surface area contributed by atoms with Crippen LogP contribution in [-0.4, -0.2) is 97.9 Å². The first-order valence-electron chi connectivity index (χ1n) is 7.23. The fourth-order valence-electron chi connectivity index (χ4n) is 2.33. The zero-order valence-electron chi connectivity index (χ0n) is 13.2. The number of carbonyl (C=O) groups is 3. The predicted molar refractivity (Wildman–Crippen MR) is 75.7 cm³/mol. The lowest BCUT2D eigenvalue weighted by Crippen LogP contribution is -2.67. The fourth-order valence-corrected chi connectivity index (χ4v) is 2.33. The monoisotopic (exact) mass is 367 g/mol. The summed E-state index contributed by atoms with van der Waals surface area (Å²) in [5.74, 6) is -6.47. The molecule has 1 fully saturated rings. The van der Waals surface area contributed by atoms with Crippen LogP contribution in [0.4, 0.5) is 0 Å². The fraction of sp³-hybridized carbons (Fsp3) is 0.769. The Balaban J connectivity index is 3.03. The second-order valence-corrected chi connectivity index (χ2v) is 5.56. The molecule has 0 aromatic heterocycles. The molecule has 1 aliphatic rings. The number of carbonyl (C=O) groups excluding carboxylic acids is 2. The van der Waals surface area contributed by atoms with E-state index in [4.69, 9.17) is 14.9 Å². The van der Waals surface area contributed by atoms with Gasteiger partial charge in [-0.05, 0) is 0 Å². The van der Waals surface area contributed by atoms with Gasteiger partial charge in [0.25, 0.3) is 5.79 Å². The van der Waals surface area contributed by atoms with Crippen LogP contribution < -0.4 is 5.32 Å². The first kappa shape index (κ1) is 21.2. The van der Waals surface area contributed by atoms with Crippen LogP contribution in [0.15, 0.2) is 0 Å². The van der Waals surface area contributed by atoms with Crippen molar-refractivity contribution in [2.45, 2.75) is 49.6 Å². The van der Waals surface area contributed by atoms with Gasteiger partial charge in [-0.25, -0.2) is 4.79 Å². The third-order valence-electron chi connectivity index (χ3n) is 3.58. The van der Waals surface area contributed by atoms with E-state index in [9.17, 15) is 34.8 Å². The van der Waals surface area contributed by atoms with E-state index in [1.165, 1.54) is 0 Å². The highest BCUT2D eigenvalue weighted by molar-refractivity contribution is 5.78. The van der Waals surface area contributed by atoms with Gasteiger partial charge in [0.1, 0.15) is 31.5 Å². The molecular formula is C13H21NO11. The van der Waals surface area contributed by atoms with Crippen LogP contribution in [0.3, 0.4) is 0 Å². The molecule has 0 aliphatic carbocycles. The number of hydrogen-bond donors (Lipinski definition) is 7. The number of nitrogens with one attached hydrogen (secondary N) is 1. The molecule has 0 aromatic rings. The number of rotatable bonds is 7. The zero-order chi connectivity index (χ0) is 19.4. The molecule has 25 heavy (non-hydrogen) atoms. The van der Waals surface area contributed by atoms with Crippen molar-refractivity contribution in [1.82, 2.24) is 5.32 Å². The number of amides is 1. The molecule has 6 unspecified atom stereocenters. The molecule has 6 atom stereocenters. The Hall–Kier alpha value is -1.83. The van der Waals surface area contributed by atoms with E-state index in [0.29, 0.717) is 0 Å². The van der Waals surface area contributed by atoms with Gasteiger partial charge in [0.05, 0.1) is 12.1 Å². The van der Waals surface area contributed by atoms with Crippen LogP contribution in [0.5, 0.6) is 0 Å². The maximum absolute atomic E-state index is 11.4. The number of aliphatic hydroxyl groups excluding tert-OH is 4. The van der Waals surface area contributed by atoms with Crippen molar-refractivity contribution in [3.05, 3.63) is 0 Å². The van der Waals surface area contributed by atoms with Gasteiger partial charge in [0, 0.05) is 13.3 Å². The lowest BCUT2D eigenvalue weighted by molar-refractivity contribution is -0.295. The SMILES string of the molecule is CC(=O)OCC(O)C(O)C1OC(O)(C(=O)O)CC(O)C1NC(=O)CO. The normalized spacial score (nSPS) is 31.7. The van der Waals surface area contributed by atoms with Crippen molar-refractivity contribution in [2.75, 3.05) is 13.2 Å². The molecule has 0 saturated carbocycles. The second kappa shape index (κ2) is 8.51. The summed E-state index contributed by atoms with van der Waals surface area (Å²) < 4.78 is 9.41.